The van der Waals surface area contributed by atoms with Crippen LogP contribution in [0.5, 0.6) is 0 Å². The monoisotopic (exact) mass is 368 g/mol. The molecule has 4 heterocycles. The van der Waals surface area contributed by atoms with Crippen molar-refractivity contribution in [1.29, 1.82) is 0 Å². The number of nitrogens with zero attached hydrogens (tertiary/aromatic N) is 4. The lowest BCUT2D eigenvalue weighted by molar-refractivity contribution is -0.131. The highest BCUT2D eigenvalue weighted by Crippen LogP contribution is 2.27. The first kappa shape index (κ1) is 16.9. The van der Waals surface area contributed by atoms with Gasteiger partial charge in [0.1, 0.15) is 5.82 Å². The predicted molar refractivity (Wildman–Crippen MR) is 99.6 cm³/mol. The van der Waals surface area contributed by atoms with E-state index in [0.717, 1.165) is 36.4 Å². The number of amides is 1. The van der Waals surface area contributed by atoms with Crippen LogP contribution in [0, 0.1) is 0 Å². The summed E-state index contributed by atoms with van der Waals surface area (Å²) >= 11 is 1.40. The summed E-state index contributed by atoms with van der Waals surface area (Å²) in [5.74, 6) is 1.27. The van der Waals surface area contributed by atoms with Crippen LogP contribution in [0.15, 0.2) is 35.8 Å². The first-order valence-corrected chi connectivity index (χ1v) is 9.65. The van der Waals surface area contributed by atoms with Crippen LogP contribution in [0.25, 0.3) is 5.65 Å². The predicted octanol–water partition coefficient (Wildman–Crippen LogP) is 2.94. The SMILES string of the molecule is CC(=O)c1cc(CC(=O)N2CCCC(c3nnc4ccccn34)C2)cs1. The number of thiophene rings is 1. The summed E-state index contributed by atoms with van der Waals surface area (Å²) in [6, 6.07) is 7.68. The lowest BCUT2D eigenvalue weighted by atomic mass is 9.96. The number of ketones is 1. The molecule has 0 aromatic carbocycles. The standard InChI is InChI=1S/C19H20N4O2S/c1-13(24)16-9-14(12-26-16)10-18(25)22-7-4-5-15(11-22)19-21-20-17-6-2-3-8-23(17)19/h2-3,6,8-9,12,15H,4-5,7,10-11H2,1H3. The fourth-order valence-electron chi connectivity index (χ4n) is 3.49. The zero-order valence-electron chi connectivity index (χ0n) is 14.6. The molecule has 134 valence electrons. The van der Waals surface area contributed by atoms with E-state index in [0.29, 0.717) is 17.8 Å². The number of rotatable bonds is 4. The second-order valence-corrected chi connectivity index (χ2v) is 7.63. The van der Waals surface area contributed by atoms with Gasteiger partial charge in [0.2, 0.25) is 5.91 Å². The number of fused-ring (bicyclic) bond motifs is 1. The lowest BCUT2D eigenvalue weighted by Crippen LogP contribution is -2.40. The Kier molecular flexibility index (Phi) is 4.55. The van der Waals surface area contributed by atoms with Crippen molar-refractivity contribution in [3.05, 3.63) is 52.1 Å². The van der Waals surface area contributed by atoms with Gasteiger partial charge in [0.15, 0.2) is 11.4 Å². The third kappa shape index (κ3) is 3.26. The number of piperidine rings is 1. The first-order chi connectivity index (χ1) is 12.6. The Bertz CT molecular complexity index is 961. The molecular formula is C19H20N4O2S. The lowest BCUT2D eigenvalue weighted by Gasteiger charge is -2.32. The summed E-state index contributed by atoms with van der Waals surface area (Å²) in [6.07, 6.45) is 4.28. The zero-order valence-corrected chi connectivity index (χ0v) is 15.4. The quantitative estimate of drug-likeness (QED) is 0.664. The zero-order chi connectivity index (χ0) is 18.1. The van der Waals surface area contributed by atoms with Crippen molar-refractivity contribution >= 4 is 28.7 Å². The van der Waals surface area contributed by atoms with Crippen molar-refractivity contribution in [2.75, 3.05) is 13.1 Å². The highest BCUT2D eigenvalue weighted by atomic mass is 32.1. The Morgan fingerprint density at radius 3 is 3.00 bits per heavy atom. The molecule has 1 fully saturated rings. The molecule has 4 rings (SSSR count). The minimum Gasteiger partial charge on any atom is -0.342 e. The molecule has 7 heteroatoms. The summed E-state index contributed by atoms with van der Waals surface area (Å²) < 4.78 is 2.01. The van der Waals surface area contributed by atoms with Crippen LogP contribution in [0.1, 0.15) is 46.7 Å². The van der Waals surface area contributed by atoms with E-state index in [9.17, 15) is 9.59 Å². The van der Waals surface area contributed by atoms with Crippen molar-refractivity contribution in [3.63, 3.8) is 0 Å². The van der Waals surface area contributed by atoms with Gasteiger partial charge in [-0.25, -0.2) is 0 Å². The Morgan fingerprint density at radius 2 is 2.19 bits per heavy atom. The van der Waals surface area contributed by atoms with Crippen LogP contribution >= 0.6 is 11.3 Å². The summed E-state index contributed by atoms with van der Waals surface area (Å²) in [5.41, 5.74) is 1.75. The van der Waals surface area contributed by atoms with Crippen LogP contribution in [0.3, 0.4) is 0 Å². The van der Waals surface area contributed by atoms with E-state index in [4.69, 9.17) is 0 Å². The van der Waals surface area contributed by atoms with E-state index in [1.54, 1.807) is 6.92 Å². The van der Waals surface area contributed by atoms with Crippen LogP contribution < -0.4 is 0 Å². The molecule has 0 saturated carbocycles. The minimum atomic E-state index is 0.0467. The average Bonchev–Trinajstić information content (AvgIpc) is 3.29. The second-order valence-electron chi connectivity index (χ2n) is 6.72. The number of pyridine rings is 1. The maximum Gasteiger partial charge on any atom is 0.227 e. The summed E-state index contributed by atoms with van der Waals surface area (Å²) in [5, 5.41) is 10.5. The molecule has 0 aliphatic carbocycles. The molecular weight excluding hydrogens is 348 g/mol. The van der Waals surface area contributed by atoms with Gasteiger partial charge in [-0.15, -0.1) is 21.5 Å². The van der Waals surface area contributed by atoms with E-state index in [1.807, 2.05) is 45.1 Å². The Labute approximate surface area is 155 Å². The molecule has 0 radical (unpaired) electrons. The molecule has 3 aromatic heterocycles. The van der Waals surface area contributed by atoms with Crippen LogP contribution in [-0.4, -0.2) is 44.3 Å². The Balaban J connectivity index is 1.47. The van der Waals surface area contributed by atoms with Crippen molar-refractivity contribution < 1.29 is 9.59 Å². The molecule has 1 atom stereocenters. The van der Waals surface area contributed by atoms with Gasteiger partial charge >= 0.3 is 0 Å². The van der Waals surface area contributed by atoms with Gasteiger partial charge in [0.25, 0.3) is 0 Å². The number of likely N-dealkylation sites (tertiary alicyclic amines) is 1. The van der Waals surface area contributed by atoms with Crippen LogP contribution in [-0.2, 0) is 11.2 Å². The fourth-order valence-corrected chi connectivity index (χ4v) is 4.31. The first-order valence-electron chi connectivity index (χ1n) is 8.77. The van der Waals surface area contributed by atoms with Gasteiger partial charge in [-0.2, -0.15) is 0 Å². The molecule has 6 nitrogen and oxygen atoms in total. The van der Waals surface area contributed by atoms with E-state index in [1.165, 1.54) is 11.3 Å². The molecule has 1 amide bonds. The van der Waals surface area contributed by atoms with Crippen molar-refractivity contribution in [1.82, 2.24) is 19.5 Å². The van der Waals surface area contributed by atoms with Crippen LogP contribution in [0.2, 0.25) is 0 Å². The molecule has 1 unspecified atom stereocenters. The van der Waals surface area contributed by atoms with Gasteiger partial charge in [0, 0.05) is 25.2 Å². The molecule has 0 bridgehead atoms. The van der Waals surface area contributed by atoms with Crippen molar-refractivity contribution in [2.24, 2.45) is 0 Å². The van der Waals surface area contributed by atoms with Gasteiger partial charge in [-0.05, 0) is 48.9 Å². The fraction of sp³-hybridized carbons (Fsp3) is 0.368. The van der Waals surface area contributed by atoms with E-state index in [2.05, 4.69) is 10.2 Å². The highest BCUT2D eigenvalue weighted by Gasteiger charge is 2.28. The Morgan fingerprint density at radius 1 is 1.31 bits per heavy atom. The molecule has 1 aliphatic rings. The number of hydrogen-bond acceptors (Lipinski definition) is 5. The second kappa shape index (κ2) is 6.99. The number of aromatic nitrogens is 3. The molecule has 0 spiro atoms. The van der Waals surface area contributed by atoms with E-state index >= 15 is 0 Å². The molecule has 1 saturated heterocycles. The summed E-state index contributed by atoms with van der Waals surface area (Å²) in [4.78, 5) is 26.8. The van der Waals surface area contributed by atoms with E-state index in [-0.39, 0.29) is 17.6 Å². The van der Waals surface area contributed by atoms with Gasteiger partial charge < -0.3 is 4.90 Å². The summed E-state index contributed by atoms with van der Waals surface area (Å²) in [6.45, 7) is 2.99. The molecule has 3 aromatic rings. The molecule has 0 N–H and O–H groups in total. The summed E-state index contributed by atoms with van der Waals surface area (Å²) in [7, 11) is 0. The normalized spacial score (nSPS) is 17.6. The highest BCUT2D eigenvalue weighted by molar-refractivity contribution is 7.12. The average molecular weight is 368 g/mol. The minimum absolute atomic E-state index is 0.0467. The maximum atomic E-state index is 12.7. The number of hydrogen-bond donors (Lipinski definition) is 0. The number of carbonyl (C=O) groups excluding carboxylic acids is 2. The van der Waals surface area contributed by atoms with E-state index < -0.39 is 0 Å². The van der Waals surface area contributed by atoms with Crippen molar-refractivity contribution in [2.45, 2.75) is 32.1 Å². The Hall–Kier alpha value is -2.54. The topological polar surface area (TPSA) is 67.6 Å². The smallest absolute Gasteiger partial charge is 0.227 e. The third-order valence-electron chi connectivity index (χ3n) is 4.84. The molecule has 1 aliphatic heterocycles. The maximum absolute atomic E-state index is 12.7. The van der Waals surface area contributed by atoms with Gasteiger partial charge in [-0.1, -0.05) is 6.07 Å². The van der Waals surface area contributed by atoms with Gasteiger partial charge in [-0.3, -0.25) is 14.0 Å². The van der Waals surface area contributed by atoms with Crippen LogP contribution in [0.4, 0.5) is 0 Å². The third-order valence-corrected chi connectivity index (χ3v) is 5.92. The molecule has 26 heavy (non-hydrogen) atoms. The van der Waals surface area contributed by atoms with Crippen molar-refractivity contribution in [3.8, 4) is 0 Å². The van der Waals surface area contributed by atoms with Gasteiger partial charge in [0.05, 0.1) is 11.3 Å². The number of carbonyl (C=O) groups is 2. The number of Topliss-reactive ketones (excluding diaryl/α,β-unsaturated/α-hetero) is 1. The largest absolute Gasteiger partial charge is 0.342 e.